The molecular weight excluding hydrogens is 266 g/mol. The Hall–Kier alpha value is -1.56. The van der Waals surface area contributed by atoms with Gasteiger partial charge in [-0.15, -0.1) is 0 Å². The van der Waals surface area contributed by atoms with Gasteiger partial charge in [0.2, 0.25) is 5.91 Å². The van der Waals surface area contributed by atoms with Gasteiger partial charge in [0.25, 0.3) is 0 Å². The minimum absolute atomic E-state index is 0.0323. The molecule has 1 N–H and O–H groups in total. The second kappa shape index (κ2) is 7.45. The van der Waals surface area contributed by atoms with Gasteiger partial charge in [0.1, 0.15) is 6.54 Å². The van der Waals surface area contributed by atoms with E-state index in [0.29, 0.717) is 6.04 Å². The van der Waals surface area contributed by atoms with Crippen molar-refractivity contribution in [1.29, 1.82) is 0 Å². The van der Waals surface area contributed by atoms with Crippen molar-refractivity contribution in [2.75, 3.05) is 53.4 Å². The quantitative estimate of drug-likeness (QED) is 0.450. The van der Waals surface area contributed by atoms with E-state index in [1.54, 1.807) is 19.0 Å². The molecule has 2 aliphatic rings. The summed E-state index contributed by atoms with van der Waals surface area (Å²) in [5, 5.41) is 3.30. The van der Waals surface area contributed by atoms with Gasteiger partial charge in [-0.1, -0.05) is 12.2 Å². The van der Waals surface area contributed by atoms with Crippen LogP contribution in [0.5, 0.6) is 0 Å². The first kappa shape index (κ1) is 15.8. The maximum Gasteiger partial charge on any atom is 0.243 e. The predicted octanol–water partition coefficient (Wildman–Crippen LogP) is -0.0138. The fourth-order valence-corrected chi connectivity index (χ4v) is 2.73. The first-order valence-electron chi connectivity index (χ1n) is 7.74. The third kappa shape index (κ3) is 4.20. The van der Waals surface area contributed by atoms with Crippen LogP contribution < -0.4 is 5.32 Å². The molecule has 1 atom stereocenters. The largest absolute Gasteiger partial charge is 0.357 e. The van der Waals surface area contributed by atoms with Gasteiger partial charge < -0.3 is 15.1 Å². The normalized spacial score (nSPS) is 22.9. The zero-order chi connectivity index (χ0) is 15.2. The Morgan fingerprint density at radius 2 is 2.10 bits per heavy atom. The summed E-state index contributed by atoms with van der Waals surface area (Å²) in [5.41, 5.74) is 0. The number of likely N-dealkylation sites (tertiary alicyclic amines) is 1. The molecule has 6 nitrogen and oxygen atoms in total. The van der Waals surface area contributed by atoms with Gasteiger partial charge in [-0.2, -0.15) is 0 Å². The minimum Gasteiger partial charge on any atom is -0.357 e. The van der Waals surface area contributed by atoms with Crippen molar-refractivity contribution in [3.63, 3.8) is 0 Å². The summed E-state index contributed by atoms with van der Waals surface area (Å²) in [7, 11) is 3.52. The van der Waals surface area contributed by atoms with Crippen molar-refractivity contribution < 1.29 is 4.79 Å². The van der Waals surface area contributed by atoms with Crippen LogP contribution >= 0.6 is 0 Å². The maximum absolute atomic E-state index is 11.7. The lowest BCUT2D eigenvalue weighted by atomic mass is 10.2. The molecule has 2 rings (SSSR count). The number of nitrogens with zero attached hydrogens (tertiary/aromatic N) is 4. The second-order valence-electron chi connectivity index (χ2n) is 5.77. The fourth-order valence-electron chi connectivity index (χ4n) is 2.73. The molecule has 1 amide bonds. The number of hydrogen-bond donors (Lipinski definition) is 1. The third-order valence-electron chi connectivity index (χ3n) is 4.02. The molecule has 0 spiro atoms. The molecule has 1 unspecified atom stereocenters. The van der Waals surface area contributed by atoms with Crippen molar-refractivity contribution in [2.24, 2.45) is 4.99 Å². The number of amides is 1. The zero-order valence-electron chi connectivity index (χ0n) is 13.4. The molecule has 0 radical (unpaired) electrons. The van der Waals surface area contributed by atoms with E-state index in [4.69, 9.17) is 0 Å². The van der Waals surface area contributed by atoms with E-state index >= 15 is 0 Å². The number of likely N-dealkylation sites (N-methyl/N-ethyl adjacent to an activating group) is 1. The van der Waals surface area contributed by atoms with Crippen LogP contribution in [0.4, 0.5) is 0 Å². The number of rotatable bonds is 4. The van der Waals surface area contributed by atoms with Crippen LogP contribution in [0.1, 0.15) is 13.3 Å². The maximum atomic E-state index is 11.7. The van der Waals surface area contributed by atoms with Gasteiger partial charge in [0.15, 0.2) is 5.96 Å². The Morgan fingerprint density at radius 1 is 1.38 bits per heavy atom. The van der Waals surface area contributed by atoms with Gasteiger partial charge in [-0.25, -0.2) is 4.99 Å². The highest BCUT2D eigenvalue weighted by Crippen LogP contribution is 2.17. The molecular formula is C15H27N5O. The molecule has 0 bridgehead atoms. The minimum atomic E-state index is 0.0323. The molecule has 21 heavy (non-hydrogen) atoms. The van der Waals surface area contributed by atoms with Gasteiger partial charge in [-0.05, 0) is 13.3 Å². The number of hydrogen-bond acceptors (Lipinski definition) is 3. The third-order valence-corrected chi connectivity index (χ3v) is 4.02. The highest BCUT2D eigenvalue weighted by atomic mass is 16.2. The predicted molar refractivity (Wildman–Crippen MR) is 85.4 cm³/mol. The van der Waals surface area contributed by atoms with E-state index in [-0.39, 0.29) is 12.5 Å². The average molecular weight is 293 g/mol. The van der Waals surface area contributed by atoms with Crippen molar-refractivity contribution in [3.05, 3.63) is 12.2 Å². The van der Waals surface area contributed by atoms with E-state index in [1.807, 2.05) is 0 Å². The Balaban J connectivity index is 1.92. The van der Waals surface area contributed by atoms with Crippen LogP contribution in [-0.2, 0) is 4.79 Å². The summed E-state index contributed by atoms with van der Waals surface area (Å²) in [6, 6.07) is 0.591. The number of carbonyl (C=O) groups is 1. The lowest BCUT2D eigenvalue weighted by Gasteiger charge is -2.25. The Morgan fingerprint density at radius 3 is 2.71 bits per heavy atom. The van der Waals surface area contributed by atoms with E-state index < -0.39 is 0 Å². The van der Waals surface area contributed by atoms with Gasteiger partial charge in [0.05, 0.1) is 0 Å². The Bertz CT molecular complexity index is 410. The van der Waals surface area contributed by atoms with Crippen LogP contribution in [0.15, 0.2) is 17.1 Å². The standard InChI is InChI=1S/C15H27N5O/c1-4-16-15(17-11-14(21)18(2)3)20-10-7-13(12-20)19-8-5-6-9-19/h5-6,13H,4,7-12H2,1-3H3,(H,16,17). The molecule has 0 aromatic carbocycles. The van der Waals surface area contributed by atoms with Crippen molar-refractivity contribution in [2.45, 2.75) is 19.4 Å². The molecule has 2 aliphatic heterocycles. The monoisotopic (exact) mass is 293 g/mol. The zero-order valence-corrected chi connectivity index (χ0v) is 13.4. The van der Waals surface area contributed by atoms with E-state index in [9.17, 15) is 4.79 Å². The summed E-state index contributed by atoms with van der Waals surface area (Å²) in [6.45, 7) is 7.20. The molecule has 0 aromatic rings. The SMILES string of the molecule is CCNC(=NCC(=O)N(C)C)N1CCC(N2CC=CC2)C1. The van der Waals surface area contributed by atoms with Crippen molar-refractivity contribution in [3.8, 4) is 0 Å². The van der Waals surface area contributed by atoms with Gasteiger partial charge in [0, 0.05) is 52.9 Å². The van der Waals surface area contributed by atoms with Gasteiger partial charge in [-0.3, -0.25) is 9.69 Å². The summed E-state index contributed by atoms with van der Waals surface area (Å²) in [4.78, 5) is 22.5. The smallest absolute Gasteiger partial charge is 0.243 e. The molecule has 118 valence electrons. The lowest BCUT2D eigenvalue weighted by molar-refractivity contribution is -0.127. The summed E-state index contributed by atoms with van der Waals surface area (Å²) in [6.07, 6.45) is 5.63. The number of nitrogens with one attached hydrogen (secondary N) is 1. The first-order valence-corrected chi connectivity index (χ1v) is 7.74. The number of aliphatic imine (C=N–C) groups is 1. The molecule has 0 saturated carbocycles. The first-order chi connectivity index (χ1) is 10.1. The van der Waals surface area contributed by atoms with Gasteiger partial charge >= 0.3 is 0 Å². The number of carbonyl (C=O) groups excluding carboxylic acids is 1. The highest BCUT2D eigenvalue weighted by molar-refractivity contribution is 5.85. The Kier molecular flexibility index (Phi) is 5.61. The Labute approximate surface area is 127 Å². The average Bonchev–Trinajstić information content (AvgIpc) is 3.12. The molecule has 0 aliphatic carbocycles. The summed E-state index contributed by atoms with van der Waals surface area (Å²) >= 11 is 0. The summed E-state index contributed by atoms with van der Waals surface area (Å²) in [5.74, 6) is 0.896. The molecule has 2 heterocycles. The number of guanidine groups is 1. The lowest BCUT2D eigenvalue weighted by Crippen LogP contribution is -2.43. The van der Waals surface area contributed by atoms with Crippen molar-refractivity contribution >= 4 is 11.9 Å². The molecule has 0 aromatic heterocycles. The van der Waals surface area contributed by atoms with E-state index in [0.717, 1.165) is 45.1 Å². The highest BCUT2D eigenvalue weighted by Gasteiger charge is 2.29. The van der Waals surface area contributed by atoms with E-state index in [2.05, 4.69) is 39.2 Å². The summed E-state index contributed by atoms with van der Waals surface area (Å²) < 4.78 is 0. The van der Waals surface area contributed by atoms with Crippen molar-refractivity contribution in [1.82, 2.24) is 20.0 Å². The molecule has 1 fully saturated rings. The van der Waals surface area contributed by atoms with Crippen LogP contribution in [0.3, 0.4) is 0 Å². The molecule has 6 heteroatoms. The van der Waals surface area contributed by atoms with Crippen LogP contribution in [0.25, 0.3) is 0 Å². The van der Waals surface area contributed by atoms with Crippen LogP contribution in [0, 0.1) is 0 Å². The second-order valence-corrected chi connectivity index (χ2v) is 5.77. The van der Waals surface area contributed by atoms with Crippen LogP contribution in [0.2, 0.25) is 0 Å². The topological polar surface area (TPSA) is 51.2 Å². The molecule has 1 saturated heterocycles. The van der Waals surface area contributed by atoms with E-state index in [1.165, 1.54) is 0 Å². The fraction of sp³-hybridized carbons (Fsp3) is 0.733. The van der Waals surface area contributed by atoms with Crippen LogP contribution in [-0.4, -0.2) is 86.0 Å².